The van der Waals surface area contributed by atoms with Gasteiger partial charge in [-0.25, -0.2) is 5.43 Å². The van der Waals surface area contributed by atoms with Gasteiger partial charge in [-0.05, 0) is 44.2 Å². The highest BCUT2D eigenvalue weighted by molar-refractivity contribution is 6.07. The van der Waals surface area contributed by atoms with Crippen LogP contribution in [0.1, 0.15) is 50.9 Å². The molecular formula is C22H27N3O. The van der Waals surface area contributed by atoms with Crippen LogP contribution in [0.3, 0.4) is 0 Å². The molecule has 0 unspecified atom stereocenters. The summed E-state index contributed by atoms with van der Waals surface area (Å²) in [5.41, 5.74) is 6.66. The lowest BCUT2D eigenvalue weighted by atomic mass is 9.68. The van der Waals surface area contributed by atoms with Crippen LogP contribution in [0.4, 0.5) is 0 Å². The molecule has 3 rings (SSSR count). The van der Waals surface area contributed by atoms with Crippen molar-refractivity contribution in [2.75, 3.05) is 0 Å². The summed E-state index contributed by atoms with van der Waals surface area (Å²) in [6.45, 7) is 8.72. The van der Waals surface area contributed by atoms with E-state index < -0.39 is 0 Å². The predicted molar refractivity (Wildman–Crippen MR) is 108 cm³/mol. The van der Waals surface area contributed by atoms with E-state index in [0.717, 1.165) is 23.0 Å². The standard InChI is InChI=1S/C22H27N3O/c1-15-8-7-13-22(3,4)19(15)12-11-16(2)24-25-21(26)18-14-23-20-10-6-5-9-17(18)20/h5-6,8-12,14,19,23H,7,13H2,1-4H3,(H,25,26)/b12-11+,24-16-/t19-/m1/s1. The van der Waals surface area contributed by atoms with Crippen molar-refractivity contribution in [3.63, 3.8) is 0 Å². The number of amides is 1. The number of rotatable bonds is 4. The van der Waals surface area contributed by atoms with E-state index >= 15 is 0 Å². The van der Waals surface area contributed by atoms with Gasteiger partial charge in [-0.1, -0.05) is 49.8 Å². The average molecular weight is 349 g/mol. The Morgan fingerprint density at radius 1 is 1.35 bits per heavy atom. The Balaban J connectivity index is 1.69. The van der Waals surface area contributed by atoms with E-state index in [-0.39, 0.29) is 11.3 Å². The van der Waals surface area contributed by atoms with Crippen molar-refractivity contribution >= 4 is 22.5 Å². The number of aromatic amines is 1. The number of H-pyrrole nitrogens is 1. The molecule has 2 aromatic rings. The molecule has 0 saturated carbocycles. The molecule has 0 spiro atoms. The molecule has 1 aromatic heterocycles. The van der Waals surface area contributed by atoms with Crippen molar-refractivity contribution in [3.05, 3.63) is 59.8 Å². The van der Waals surface area contributed by atoms with Crippen molar-refractivity contribution in [2.24, 2.45) is 16.4 Å². The molecule has 1 aliphatic carbocycles. The second-order valence-electron chi connectivity index (χ2n) is 7.75. The smallest absolute Gasteiger partial charge is 0.273 e. The van der Waals surface area contributed by atoms with Crippen LogP contribution >= 0.6 is 0 Å². The Kier molecular flexibility index (Phi) is 5.12. The van der Waals surface area contributed by atoms with Gasteiger partial charge in [0.2, 0.25) is 0 Å². The number of hydrogen-bond acceptors (Lipinski definition) is 2. The molecule has 0 bridgehead atoms. The second-order valence-corrected chi connectivity index (χ2v) is 7.75. The molecule has 1 atom stereocenters. The number of fused-ring (bicyclic) bond motifs is 1. The number of benzene rings is 1. The van der Waals surface area contributed by atoms with E-state index in [1.54, 1.807) is 6.20 Å². The maximum Gasteiger partial charge on any atom is 0.273 e. The van der Waals surface area contributed by atoms with Crippen LogP contribution in [0.2, 0.25) is 0 Å². The largest absolute Gasteiger partial charge is 0.360 e. The zero-order valence-corrected chi connectivity index (χ0v) is 16.0. The zero-order valence-electron chi connectivity index (χ0n) is 16.0. The molecule has 2 N–H and O–H groups in total. The van der Waals surface area contributed by atoms with Crippen LogP contribution in [-0.4, -0.2) is 16.6 Å². The molecule has 136 valence electrons. The van der Waals surface area contributed by atoms with Gasteiger partial charge in [0.05, 0.1) is 11.3 Å². The number of para-hydroxylation sites is 1. The van der Waals surface area contributed by atoms with Gasteiger partial charge in [-0.2, -0.15) is 5.10 Å². The summed E-state index contributed by atoms with van der Waals surface area (Å²) < 4.78 is 0. The Labute approximate surface area is 155 Å². The molecule has 0 aliphatic heterocycles. The van der Waals surface area contributed by atoms with Crippen molar-refractivity contribution < 1.29 is 4.79 Å². The fraction of sp³-hybridized carbons (Fsp3) is 0.364. The van der Waals surface area contributed by atoms with E-state index in [0.29, 0.717) is 11.5 Å². The molecule has 1 heterocycles. The fourth-order valence-electron chi connectivity index (χ4n) is 3.71. The maximum atomic E-state index is 12.4. The van der Waals surface area contributed by atoms with Gasteiger partial charge >= 0.3 is 0 Å². The molecule has 1 aromatic carbocycles. The number of carbonyl (C=O) groups is 1. The SMILES string of the molecule is CC1=CCCC(C)(C)[C@@H]1/C=C/C(C)=N\NC(=O)c1c[nH]c2ccccc12. The number of hydrazone groups is 1. The topological polar surface area (TPSA) is 57.2 Å². The first-order valence-corrected chi connectivity index (χ1v) is 9.14. The normalized spacial score (nSPS) is 20.4. The predicted octanol–water partition coefficient (Wildman–Crippen LogP) is 5.21. The first kappa shape index (κ1) is 18.2. The third-order valence-electron chi connectivity index (χ3n) is 5.29. The number of carbonyl (C=O) groups excluding carboxylic acids is 1. The van der Waals surface area contributed by atoms with Crippen molar-refractivity contribution in [1.82, 2.24) is 10.4 Å². The lowest BCUT2D eigenvalue weighted by molar-refractivity contribution is 0.0956. The monoisotopic (exact) mass is 349 g/mol. The summed E-state index contributed by atoms with van der Waals surface area (Å²) in [5, 5.41) is 5.14. The highest BCUT2D eigenvalue weighted by Gasteiger charge is 2.30. The zero-order chi connectivity index (χ0) is 18.7. The molecule has 0 saturated heterocycles. The third kappa shape index (κ3) is 3.79. The van der Waals surface area contributed by atoms with Gasteiger partial charge < -0.3 is 4.98 Å². The fourth-order valence-corrected chi connectivity index (χ4v) is 3.71. The minimum Gasteiger partial charge on any atom is -0.360 e. The Bertz CT molecular complexity index is 899. The molecule has 1 aliphatic rings. The van der Waals surface area contributed by atoms with Crippen molar-refractivity contribution in [1.29, 1.82) is 0 Å². The van der Waals surface area contributed by atoms with Gasteiger partial charge in [0.1, 0.15) is 0 Å². The Morgan fingerprint density at radius 3 is 2.88 bits per heavy atom. The van der Waals surface area contributed by atoms with E-state index in [2.05, 4.69) is 48.4 Å². The van der Waals surface area contributed by atoms with Gasteiger partial charge in [-0.15, -0.1) is 0 Å². The van der Waals surface area contributed by atoms with Gasteiger partial charge in [0.25, 0.3) is 5.91 Å². The van der Waals surface area contributed by atoms with Crippen LogP contribution in [0, 0.1) is 11.3 Å². The summed E-state index contributed by atoms with van der Waals surface area (Å²) in [6.07, 6.45) is 10.6. The molecule has 0 radical (unpaired) electrons. The quantitative estimate of drug-likeness (QED) is 0.444. The number of nitrogens with zero attached hydrogens (tertiary/aromatic N) is 1. The number of nitrogens with one attached hydrogen (secondary N) is 2. The number of hydrogen-bond donors (Lipinski definition) is 2. The number of allylic oxidation sites excluding steroid dienone is 4. The van der Waals surface area contributed by atoms with Gasteiger partial charge in [-0.3, -0.25) is 4.79 Å². The highest BCUT2D eigenvalue weighted by Crippen LogP contribution is 2.41. The van der Waals surface area contributed by atoms with Crippen molar-refractivity contribution in [2.45, 2.75) is 40.5 Å². The number of aromatic nitrogens is 1. The van der Waals surface area contributed by atoms with Gasteiger partial charge in [0.15, 0.2) is 0 Å². The van der Waals surface area contributed by atoms with Crippen LogP contribution in [0.5, 0.6) is 0 Å². The molecule has 4 heteroatoms. The molecule has 0 fully saturated rings. The van der Waals surface area contributed by atoms with Crippen LogP contribution < -0.4 is 5.43 Å². The minimum absolute atomic E-state index is 0.204. The lowest BCUT2D eigenvalue weighted by Crippen LogP contribution is -2.26. The van der Waals surface area contributed by atoms with E-state index in [4.69, 9.17) is 0 Å². The summed E-state index contributed by atoms with van der Waals surface area (Å²) >= 11 is 0. The summed E-state index contributed by atoms with van der Waals surface area (Å²) in [7, 11) is 0. The Hall–Kier alpha value is -2.62. The molecular weight excluding hydrogens is 322 g/mol. The molecule has 1 amide bonds. The molecule has 4 nitrogen and oxygen atoms in total. The minimum atomic E-state index is -0.204. The highest BCUT2D eigenvalue weighted by atomic mass is 16.2. The third-order valence-corrected chi connectivity index (χ3v) is 5.29. The molecule has 26 heavy (non-hydrogen) atoms. The summed E-state index contributed by atoms with van der Waals surface area (Å²) in [6, 6.07) is 7.74. The van der Waals surface area contributed by atoms with Crippen molar-refractivity contribution in [3.8, 4) is 0 Å². The lowest BCUT2D eigenvalue weighted by Gasteiger charge is -2.36. The van der Waals surface area contributed by atoms with Crippen LogP contribution in [0.25, 0.3) is 10.9 Å². The maximum absolute atomic E-state index is 12.4. The summed E-state index contributed by atoms with van der Waals surface area (Å²) in [5.74, 6) is 0.204. The first-order chi connectivity index (χ1) is 12.4. The average Bonchev–Trinajstić information content (AvgIpc) is 3.03. The van der Waals surface area contributed by atoms with E-state index in [1.165, 1.54) is 12.0 Å². The second kappa shape index (κ2) is 7.32. The van der Waals surface area contributed by atoms with E-state index in [1.807, 2.05) is 37.3 Å². The first-order valence-electron chi connectivity index (χ1n) is 9.14. The van der Waals surface area contributed by atoms with Crippen LogP contribution in [0.15, 0.2) is 59.4 Å². The van der Waals surface area contributed by atoms with Crippen LogP contribution in [-0.2, 0) is 0 Å². The van der Waals surface area contributed by atoms with Gasteiger partial charge in [0, 0.05) is 23.0 Å². The summed E-state index contributed by atoms with van der Waals surface area (Å²) in [4.78, 5) is 15.5. The van der Waals surface area contributed by atoms with E-state index in [9.17, 15) is 4.79 Å². The Morgan fingerprint density at radius 2 is 2.12 bits per heavy atom.